The fourth-order valence-corrected chi connectivity index (χ4v) is 2.41. The summed E-state index contributed by atoms with van der Waals surface area (Å²) in [5.74, 6) is -0.0310. The summed E-state index contributed by atoms with van der Waals surface area (Å²) in [6.45, 7) is 1.95. The van der Waals surface area contributed by atoms with E-state index in [0.717, 1.165) is 16.7 Å². The van der Waals surface area contributed by atoms with Gasteiger partial charge in [0.2, 0.25) is 0 Å². The van der Waals surface area contributed by atoms with Crippen LogP contribution in [0.25, 0.3) is 0 Å². The van der Waals surface area contributed by atoms with Gasteiger partial charge in [0.05, 0.1) is 0 Å². The third-order valence-corrected chi connectivity index (χ3v) is 3.68. The molecule has 3 heteroatoms. The Hall–Kier alpha value is -1.41. The first-order valence-electron chi connectivity index (χ1n) is 6.16. The van der Waals surface area contributed by atoms with E-state index in [9.17, 15) is 8.78 Å². The van der Waals surface area contributed by atoms with Crippen molar-refractivity contribution in [3.8, 4) is 0 Å². The fraction of sp³-hybridized carbons (Fsp3) is 0.250. The number of hydrogen-bond acceptors (Lipinski definition) is 0. The zero-order chi connectivity index (χ0) is 13.8. The topological polar surface area (TPSA) is 0 Å². The van der Waals surface area contributed by atoms with Gasteiger partial charge in [-0.3, -0.25) is 0 Å². The molecule has 19 heavy (non-hydrogen) atoms. The molecule has 0 aliphatic carbocycles. The number of aryl methyl sites for hydroxylation is 1. The van der Waals surface area contributed by atoms with E-state index in [0.29, 0.717) is 12.3 Å². The van der Waals surface area contributed by atoms with Gasteiger partial charge in [-0.15, -0.1) is 11.6 Å². The van der Waals surface area contributed by atoms with Crippen molar-refractivity contribution in [1.82, 2.24) is 0 Å². The summed E-state index contributed by atoms with van der Waals surface area (Å²) >= 11 is 6.00. The Balaban J connectivity index is 2.23. The standard InChI is InChI=1S/C16H15ClF2/c1-11-2-5-16(19)9-13(11)8-14(10-17)12-3-6-15(18)7-4-12/h2-7,9,14H,8,10H2,1H3. The SMILES string of the molecule is Cc1ccc(F)cc1CC(CCl)c1ccc(F)cc1. The molecule has 0 N–H and O–H groups in total. The minimum atomic E-state index is -0.265. The summed E-state index contributed by atoms with van der Waals surface area (Å²) in [5, 5.41) is 0. The van der Waals surface area contributed by atoms with Gasteiger partial charge in [0, 0.05) is 11.8 Å². The number of halogens is 3. The minimum Gasteiger partial charge on any atom is -0.207 e. The highest BCUT2D eigenvalue weighted by Crippen LogP contribution is 2.24. The van der Waals surface area contributed by atoms with Crippen LogP contribution in [0.5, 0.6) is 0 Å². The van der Waals surface area contributed by atoms with Crippen molar-refractivity contribution >= 4 is 11.6 Å². The third-order valence-electron chi connectivity index (χ3n) is 3.31. The lowest BCUT2D eigenvalue weighted by Crippen LogP contribution is -2.06. The lowest BCUT2D eigenvalue weighted by Gasteiger charge is -2.16. The van der Waals surface area contributed by atoms with Crippen LogP contribution in [0.1, 0.15) is 22.6 Å². The molecule has 0 saturated heterocycles. The molecule has 2 aromatic rings. The molecule has 0 spiro atoms. The molecule has 1 unspecified atom stereocenters. The van der Waals surface area contributed by atoms with Gasteiger partial charge in [-0.1, -0.05) is 18.2 Å². The smallest absolute Gasteiger partial charge is 0.123 e. The molecule has 2 rings (SSSR count). The van der Waals surface area contributed by atoms with Crippen LogP contribution in [0.4, 0.5) is 8.78 Å². The lowest BCUT2D eigenvalue weighted by atomic mass is 9.91. The lowest BCUT2D eigenvalue weighted by molar-refractivity contribution is 0.621. The van der Waals surface area contributed by atoms with Crippen molar-refractivity contribution < 1.29 is 8.78 Å². The maximum atomic E-state index is 13.3. The molecule has 0 nitrogen and oxygen atoms in total. The zero-order valence-corrected chi connectivity index (χ0v) is 11.4. The molecule has 0 amide bonds. The van der Waals surface area contributed by atoms with E-state index in [2.05, 4.69) is 0 Å². The molecule has 0 heterocycles. The summed E-state index contributed by atoms with van der Waals surface area (Å²) in [4.78, 5) is 0. The Morgan fingerprint density at radius 3 is 2.26 bits per heavy atom. The summed E-state index contributed by atoms with van der Waals surface area (Å²) in [6.07, 6.45) is 0.652. The minimum absolute atomic E-state index is 0.0581. The first-order chi connectivity index (χ1) is 9.10. The highest BCUT2D eigenvalue weighted by atomic mass is 35.5. The van der Waals surface area contributed by atoms with Crippen LogP contribution in [-0.2, 0) is 6.42 Å². The van der Waals surface area contributed by atoms with E-state index < -0.39 is 0 Å². The van der Waals surface area contributed by atoms with E-state index >= 15 is 0 Å². The Labute approximate surface area is 117 Å². The van der Waals surface area contributed by atoms with Gasteiger partial charge in [0.15, 0.2) is 0 Å². The predicted octanol–water partition coefficient (Wildman–Crippen LogP) is 4.84. The largest absolute Gasteiger partial charge is 0.207 e. The van der Waals surface area contributed by atoms with Crippen molar-refractivity contribution in [2.24, 2.45) is 0 Å². The molecule has 0 bridgehead atoms. The van der Waals surface area contributed by atoms with E-state index in [-0.39, 0.29) is 17.6 Å². The van der Waals surface area contributed by atoms with Crippen LogP contribution in [0.3, 0.4) is 0 Å². The second kappa shape index (κ2) is 6.16. The van der Waals surface area contributed by atoms with Crippen molar-refractivity contribution in [3.05, 3.63) is 70.8 Å². The van der Waals surface area contributed by atoms with Crippen molar-refractivity contribution in [2.75, 3.05) is 5.88 Å². The van der Waals surface area contributed by atoms with Crippen molar-refractivity contribution in [2.45, 2.75) is 19.3 Å². The molecule has 0 fully saturated rings. The first-order valence-corrected chi connectivity index (χ1v) is 6.70. The van der Waals surface area contributed by atoms with Crippen LogP contribution in [-0.4, -0.2) is 5.88 Å². The third kappa shape index (κ3) is 3.54. The maximum Gasteiger partial charge on any atom is 0.123 e. The summed E-state index contributed by atoms with van der Waals surface area (Å²) in [7, 11) is 0. The average Bonchev–Trinajstić information content (AvgIpc) is 2.41. The van der Waals surface area contributed by atoms with Crippen LogP contribution >= 0.6 is 11.6 Å². The average molecular weight is 281 g/mol. The van der Waals surface area contributed by atoms with Crippen LogP contribution in [0.2, 0.25) is 0 Å². The van der Waals surface area contributed by atoms with Gasteiger partial charge >= 0.3 is 0 Å². The number of alkyl halides is 1. The maximum absolute atomic E-state index is 13.3. The summed E-state index contributed by atoms with van der Waals surface area (Å²) in [5.41, 5.74) is 2.95. The second-order valence-corrected chi connectivity index (χ2v) is 4.99. The number of rotatable bonds is 4. The van der Waals surface area contributed by atoms with Crippen LogP contribution in [0.15, 0.2) is 42.5 Å². The van der Waals surface area contributed by atoms with Gasteiger partial charge in [0.25, 0.3) is 0 Å². The first kappa shape index (κ1) is 14.0. The molecule has 0 radical (unpaired) electrons. The second-order valence-electron chi connectivity index (χ2n) is 4.68. The van der Waals surface area contributed by atoms with Gasteiger partial charge in [0.1, 0.15) is 11.6 Å². The Morgan fingerprint density at radius 2 is 1.63 bits per heavy atom. The molecule has 0 aromatic heterocycles. The van der Waals surface area contributed by atoms with E-state index in [1.165, 1.54) is 18.2 Å². The van der Waals surface area contributed by atoms with E-state index in [1.807, 2.05) is 6.92 Å². The molecule has 0 aliphatic rings. The predicted molar refractivity (Wildman–Crippen MR) is 74.7 cm³/mol. The molecular formula is C16H15ClF2. The highest BCUT2D eigenvalue weighted by molar-refractivity contribution is 6.18. The van der Waals surface area contributed by atoms with Gasteiger partial charge in [-0.25, -0.2) is 8.78 Å². The quantitative estimate of drug-likeness (QED) is 0.703. The van der Waals surface area contributed by atoms with E-state index in [4.69, 9.17) is 11.6 Å². The number of hydrogen-bond donors (Lipinski definition) is 0. The molecule has 0 saturated carbocycles. The number of benzene rings is 2. The summed E-state index contributed by atoms with van der Waals surface area (Å²) in [6, 6.07) is 11.1. The van der Waals surface area contributed by atoms with E-state index in [1.54, 1.807) is 24.3 Å². The summed E-state index contributed by atoms with van der Waals surface area (Å²) < 4.78 is 26.2. The van der Waals surface area contributed by atoms with Crippen molar-refractivity contribution in [1.29, 1.82) is 0 Å². The van der Waals surface area contributed by atoms with Crippen LogP contribution < -0.4 is 0 Å². The molecular weight excluding hydrogens is 266 g/mol. The molecule has 1 atom stereocenters. The molecule has 100 valence electrons. The molecule has 0 aliphatic heterocycles. The van der Waals surface area contributed by atoms with Gasteiger partial charge in [-0.2, -0.15) is 0 Å². The Morgan fingerprint density at radius 1 is 1.00 bits per heavy atom. The highest BCUT2D eigenvalue weighted by Gasteiger charge is 2.13. The zero-order valence-electron chi connectivity index (χ0n) is 10.7. The molecule has 2 aromatic carbocycles. The Bertz CT molecular complexity index is 549. The van der Waals surface area contributed by atoms with Crippen LogP contribution in [0, 0.1) is 18.6 Å². The van der Waals surface area contributed by atoms with Crippen molar-refractivity contribution in [3.63, 3.8) is 0 Å². The Kier molecular flexibility index (Phi) is 4.54. The fourth-order valence-electron chi connectivity index (χ4n) is 2.12. The monoisotopic (exact) mass is 280 g/mol. The normalized spacial score (nSPS) is 12.4. The van der Waals surface area contributed by atoms with Gasteiger partial charge < -0.3 is 0 Å². The van der Waals surface area contributed by atoms with Gasteiger partial charge in [-0.05, 0) is 54.3 Å².